The topological polar surface area (TPSA) is 86.3 Å². The van der Waals surface area contributed by atoms with Crippen LogP contribution in [0.3, 0.4) is 0 Å². The van der Waals surface area contributed by atoms with E-state index in [0.29, 0.717) is 22.2 Å². The van der Waals surface area contributed by atoms with Crippen molar-refractivity contribution in [2.45, 2.75) is 24.1 Å². The number of fused-ring (bicyclic) bond motifs is 1. The Hall–Kier alpha value is -2.06. The molecule has 1 atom stereocenters. The van der Waals surface area contributed by atoms with E-state index in [0.717, 1.165) is 25.3 Å². The molecule has 2 aromatic rings. The van der Waals surface area contributed by atoms with Crippen molar-refractivity contribution in [2.24, 2.45) is 0 Å². The second-order valence-corrected chi connectivity index (χ2v) is 6.23. The summed E-state index contributed by atoms with van der Waals surface area (Å²) in [6, 6.07) is 5.20. The van der Waals surface area contributed by atoms with Crippen LogP contribution in [0, 0.1) is 0 Å². The van der Waals surface area contributed by atoms with Crippen molar-refractivity contribution in [3.8, 4) is 11.5 Å². The molecule has 1 saturated heterocycles. The Morgan fingerprint density at radius 3 is 3.13 bits per heavy atom. The third-order valence-corrected chi connectivity index (χ3v) is 4.59. The van der Waals surface area contributed by atoms with Crippen LogP contribution in [0.2, 0.25) is 0 Å². The molecule has 23 heavy (non-hydrogen) atoms. The number of nitrogens with one attached hydrogen (secondary N) is 1. The van der Waals surface area contributed by atoms with Crippen molar-refractivity contribution >= 4 is 17.5 Å². The largest absolute Gasteiger partial charge is 0.454 e. The van der Waals surface area contributed by atoms with Gasteiger partial charge in [0, 0.05) is 12.2 Å². The first kappa shape index (κ1) is 14.5. The lowest BCUT2D eigenvalue weighted by molar-refractivity contribution is 0.102. The van der Waals surface area contributed by atoms with Gasteiger partial charge in [0.1, 0.15) is 6.10 Å². The van der Waals surface area contributed by atoms with Gasteiger partial charge in [0.05, 0.1) is 5.75 Å². The molecule has 120 valence electrons. The summed E-state index contributed by atoms with van der Waals surface area (Å²) >= 11 is 1.31. The molecular weight excluding hydrogens is 318 g/mol. The van der Waals surface area contributed by atoms with Crippen molar-refractivity contribution < 1.29 is 19.0 Å². The lowest BCUT2D eigenvalue weighted by atomic mass is 10.1. The first-order valence-corrected chi connectivity index (χ1v) is 8.38. The molecule has 7 nitrogen and oxygen atoms in total. The second kappa shape index (κ2) is 6.21. The van der Waals surface area contributed by atoms with E-state index in [9.17, 15) is 4.79 Å². The van der Waals surface area contributed by atoms with Gasteiger partial charge in [-0.3, -0.25) is 9.89 Å². The minimum Gasteiger partial charge on any atom is -0.454 e. The summed E-state index contributed by atoms with van der Waals surface area (Å²) in [5.41, 5.74) is 0.594. The zero-order valence-corrected chi connectivity index (χ0v) is 13.1. The number of rotatable bonds is 5. The summed E-state index contributed by atoms with van der Waals surface area (Å²) in [5, 5.41) is 7.58. The van der Waals surface area contributed by atoms with Crippen LogP contribution in [0.4, 0.5) is 0 Å². The van der Waals surface area contributed by atoms with E-state index in [2.05, 4.69) is 15.2 Å². The predicted molar refractivity (Wildman–Crippen MR) is 81.9 cm³/mol. The van der Waals surface area contributed by atoms with Crippen LogP contribution in [0.5, 0.6) is 11.5 Å². The van der Waals surface area contributed by atoms with Crippen LogP contribution < -0.4 is 9.47 Å². The Morgan fingerprint density at radius 2 is 2.26 bits per heavy atom. The molecule has 2 aliphatic heterocycles. The van der Waals surface area contributed by atoms with Gasteiger partial charge in [-0.2, -0.15) is 0 Å². The molecule has 2 aliphatic rings. The molecule has 3 heterocycles. The van der Waals surface area contributed by atoms with Gasteiger partial charge >= 0.3 is 0 Å². The van der Waals surface area contributed by atoms with Gasteiger partial charge in [-0.15, -0.1) is 5.10 Å². The Labute approximate surface area is 136 Å². The van der Waals surface area contributed by atoms with Crippen LogP contribution in [0.1, 0.15) is 35.1 Å². The number of Topliss-reactive ketones (excluding diaryl/α,β-unsaturated/α-hetero) is 1. The van der Waals surface area contributed by atoms with E-state index in [-0.39, 0.29) is 24.4 Å². The number of carbonyl (C=O) groups is 1. The molecule has 1 fully saturated rings. The Balaban J connectivity index is 1.38. The number of aromatic nitrogens is 3. The number of aromatic amines is 1. The number of hydrogen-bond donors (Lipinski definition) is 1. The van der Waals surface area contributed by atoms with Crippen LogP contribution in [0.15, 0.2) is 23.4 Å². The number of thioether (sulfide) groups is 1. The highest BCUT2D eigenvalue weighted by Gasteiger charge is 2.22. The maximum Gasteiger partial charge on any atom is 0.231 e. The standard InChI is InChI=1S/C15H15N3O4S/c19-10(9-3-4-11-13(6-9)22-8-21-11)7-23-15-16-14(17-18-15)12-2-1-5-20-12/h3-4,6,12H,1-2,5,7-8H2,(H,16,17,18)/t12-/m1/s1. The summed E-state index contributed by atoms with van der Waals surface area (Å²) in [6.45, 7) is 0.960. The smallest absolute Gasteiger partial charge is 0.231 e. The zero-order chi connectivity index (χ0) is 15.6. The Morgan fingerprint density at radius 1 is 1.35 bits per heavy atom. The number of hydrogen-bond acceptors (Lipinski definition) is 7. The molecule has 0 radical (unpaired) electrons. The van der Waals surface area contributed by atoms with Gasteiger partial charge in [0.25, 0.3) is 0 Å². The highest BCUT2D eigenvalue weighted by Crippen LogP contribution is 2.33. The highest BCUT2D eigenvalue weighted by molar-refractivity contribution is 7.99. The lowest BCUT2D eigenvalue weighted by Crippen LogP contribution is -2.02. The molecule has 0 spiro atoms. The van der Waals surface area contributed by atoms with Gasteiger partial charge in [-0.25, -0.2) is 4.98 Å². The van der Waals surface area contributed by atoms with Crippen molar-refractivity contribution in [1.82, 2.24) is 15.2 Å². The quantitative estimate of drug-likeness (QED) is 0.664. The Bertz CT molecular complexity index is 727. The highest BCUT2D eigenvalue weighted by atomic mass is 32.2. The second-order valence-electron chi connectivity index (χ2n) is 5.28. The predicted octanol–water partition coefficient (Wildman–Crippen LogP) is 2.36. The van der Waals surface area contributed by atoms with Crippen LogP contribution >= 0.6 is 11.8 Å². The first-order chi connectivity index (χ1) is 11.3. The van der Waals surface area contributed by atoms with E-state index >= 15 is 0 Å². The fraction of sp³-hybridized carbons (Fsp3) is 0.400. The summed E-state index contributed by atoms with van der Waals surface area (Å²) in [5.74, 6) is 2.28. The van der Waals surface area contributed by atoms with Gasteiger partial charge in [-0.1, -0.05) is 11.8 Å². The molecule has 8 heteroatoms. The fourth-order valence-electron chi connectivity index (χ4n) is 2.54. The van der Waals surface area contributed by atoms with Gasteiger partial charge < -0.3 is 14.2 Å². The van der Waals surface area contributed by atoms with Crippen LogP contribution in [-0.2, 0) is 4.74 Å². The SMILES string of the molecule is O=C(CSc1n[nH]c([C@H]2CCCO2)n1)c1ccc2c(c1)OCO2. The van der Waals surface area contributed by atoms with Crippen molar-refractivity contribution in [2.75, 3.05) is 19.2 Å². The minimum absolute atomic E-state index is 0.00131. The van der Waals surface area contributed by atoms with E-state index < -0.39 is 0 Å². The molecule has 1 N–H and O–H groups in total. The number of ketones is 1. The average Bonchev–Trinajstić information content (AvgIpc) is 3.32. The Kier molecular flexibility index (Phi) is 3.92. The third kappa shape index (κ3) is 3.04. The van der Waals surface area contributed by atoms with Crippen LogP contribution in [0.25, 0.3) is 0 Å². The number of carbonyl (C=O) groups excluding carboxylic acids is 1. The maximum atomic E-state index is 12.3. The van der Waals surface area contributed by atoms with Crippen molar-refractivity contribution in [1.29, 1.82) is 0 Å². The summed E-state index contributed by atoms with van der Waals surface area (Å²) in [6.07, 6.45) is 1.99. The van der Waals surface area contributed by atoms with E-state index in [1.54, 1.807) is 18.2 Å². The van der Waals surface area contributed by atoms with Crippen molar-refractivity contribution in [3.05, 3.63) is 29.6 Å². The number of nitrogens with zero attached hydrogens (tertiary/aromatic N) is 2. The molecule has 0 aliphatic carbocycles. The lowest BCUT2D eigenvalue weighted by Gasteiger charge is -2.03. The molecule has 0 unspecified atom stereocenters. The van der Waals surface area contributed by atoms with Crippen LogP contribution in [-0.4, -0.2) is 40.1 Å². The molecule has 1 aromatic carbocycles. The number of H-pyrrole nitrogens is 1. The van der Waals surface area contributed by atoms with Gasteiger partial charge in [-0.05, 0) is 31.0 Å². The fourth-order valence-corrected chi connectivity index (χ4v) is 3.24. The monoisotopic (exact) mass is 333 g/mol. The molecule has 4 rings (SSSR count). The van der Waals surface area contributed by atoms with E-state index in [1.807, 2.05) is 0 Å². The summed E-state index contributed by atoms with van der Waals surface area (Å²) in [7, 11) is 0. The van der Waals surface area contributed by atoms with Crippen molar-refractivity contribution in [3.63, 3.8) is 0 Å². The molecule has 0 amide bonds. The molecular formula is C15H15N3O4S. The van der Waals surface area contributed by atoms with E-state index in [1.165, 1.54) is 11.8 Å². The third-order valence-electron chi connectivity index (χ3n) is 3.74. The van der Waals surface area contributed by atoms with E-state index in [4.69, 9.17) is 14.2 Å². The maximum absolute atomic E-state index is 12.3. The van der Waals surface area contributed by atoms with Gasteiger partial charge in [0.15, 0.2) is 23.1 Å². The molecule has 1 aromatic heterocycles. The average molecular weight is 333 g/mol. The first-order valence-electron chi connectivity index (χ1n) is 7.39. The summed E-state index contributed by atoms with van der Waals surface area (Å²) in [4.78, 5) is 16.7. The normalized spacial score (nSPS) is 19.2. The minimum atomic E-state index is -0.00299. The molecule has 0 saturated carbocycles. The van der Waals surface area contributed by atoms with Gasteiger partial charge in [0.2, 0.25) is 11.9 Å². The number of ether oxygens (including phenoxy) is 3. The molecule has 0 bridgehead atoms. The summed E-state index contributed by atoms with van der Waals surface area (Å²) < 4.78 is 16.1. The zero-order valence-electron chi connectivity index (χ0n) is 12.3. The number of benzene rings is 1.